The number of halogens is 3. The fourth-order valence-electron chi connectivity index (χ4n) is 1.09. The Hall–Kier alpha value is -1.43. The van der Waals surface area contributed by atoms with Gasteiger partial charge >= 0.3 is 6.36 Å². The zero-order valence-corrected chi connectivity index (χ0v) is 8.16. The molecule has 0 amide bonds. The minimum Gasteiger partial charge on any atom is -0.491 e. The van der Waals surface area contributed by atoms with Crippen LogP contribution in [0.1, 0.15) is 0 Å². The van der Waals surface area contributed by atoms with Crippen LogP contribution < -0.4 is 9.47 Å². The van der Waals surface area contributed by atoms with Crippen molar-refractivity contribution in [2.45, 2.75) is 12.5 Å². The lowest BCUT2D eigenvalue weighted by molar-refractivity contribution is -0.274. The SMILES string of the molecule is FC(F)(F)Oc1ccc(OC[C@@H]2CO2)cc1. The number of ether oxygens (including phenoxy) is 3. The second-order valence-electron chi connectivity index (χ2n) is 3.29. The summed E-state index contributed by atoms with van der Waals surface area (Å²) in [6.45, 7) is 1.09. The molecular formula is C10H9F3O3. The Morgan fingerprint density at radius 3 is 2.25 bits per heavy atom. The monoisotopic (exact) mass is 234 g/mol. The highest BCUT2D eigenvalue weighted by molar-refractivity contribution is 5.31. The van der Waals surface area contributed by atoms with Crippen LogP contribution in [0.2, 0.25) is 0 Å². The van der Waals surface area contributed by atoms with Gasteiger partial charge < -0.3 is 14.2 Å². The molecule has 2 rings (SSSR count). The van der Waals surface area contributed by atoms with E-state index < -0.39 is 6.36 Å². The lowest BCUT2D eigenvalue weighted by atomic mass is 10.3. The van der Waals surface area contributed by atoms with Crippen molar-refractivity contribution in [1.29, 1.82) is 0 Å². The van der Waals surface area contributed by atoms with Crippen molar-refractivity contribution >= 4 is 0 Å². The van der Waals surface area contributed by atoms with Gasteiger partial charge in [-0.05, 0) is 24.3 Å². The van der Waals surface area contributed by atoms with E-state index in [1.54, 1.807) is 0 Å². The Morgan fingerprint density at radius 2 is 1.75 bits per heavy atom. The van der Waals surface area contributed by atoms with Crippen molar-refractivity contribution in [3.05, 3.63) is 24.3 Å². The van der Waals surface area contributed by atoms with Crippen LogP contribution in [-0.4, -0.2) is 25.7 Å². The van der Waals surface area contributed by atoms with Crippen molar-refractivity contribution < 1.29 is 27.4 Å². The van der Waals surface area contributed by atoms with Gasteiger partial charge in [-0.2, -0.15) is 0 Å². The van der Waals surface area contributed by atoms with Crippen LogP contribution in [0.3, 0.4) is 0 Å². The van der Waals surface area contributed by atoms with Gasteiger partial charge in [0.2, 0.25) is 0 Å². The van der Waals surface area contributed by atoms with Gasteiger partial charge in [0.1, 0.15) is 24.2 Å². The van der Waals surface area contributed by atoms with Gasteiger partial charge in [0.05, 0.1) is 6.61 Å². The van der Waals surface area contributed by atoms with E-state index in [1.807, 2.05) is 0 Å². The molecule has 16 heavy (non-hydrogen) atoms. The third kappa shape index (κ3) is 3.62. The largest absolute Gasteiger partial charge is 0.573 e. The van der Waals surface area contributed by atoms with Crippen molar-refractivity contribution in [1.82, 2.24) is 0 Å². The molecule has 1 aromatic rings. The maximum atomic E-state index is 11.8. The predicted octanol–water partition coefficient (Wildman–Crippen LogP) is 2.36. The van der Waals surface area contributed by atoms with E-state index in [1.165, 1.54) is 24.3 Å². The third-order valence-corrected chi connectivity index (χ3v) is 1.90. The predicted molar refractivity (Wildman–Crippen MR) is 48.4 cm³/mol. The lowest BCUT2D eigenvalue weighted by Gasteiger charge is -2.09. The average Bonchev–Trinajstić information content (AvgIpc) is 2.98. The zero-order valence-electron chi connectivity index (χ0n) is 8.16. The van der Waals surface area contributed by atoms with Crippen LogP contribution in [-0.2, 0) is 4.74 Å². The number of rotatable bonds is 4. The summed E-state index contributed by atoms with van der Waals surface area (Å²) in [5, 5.41) is 0. The number of epoxide rings is 1. The van der Waals surface area contributed by atoms with Gasteiger partial charge in [-0.25, -0.2) is 0 Å². The molecule has 1 saturated heterocycles. The molecule has 0 unspecified atom stereocenters. The summed E-state index contributed by atoms with van der Waals surface area (Å²) in [4.78, 5) is 0. The number of benzene rings is 1. The van der Waals surface area contributed by atoms with Crippen LogP contribution in [0.25, 0.3) is 0 Å². The average molecular weight is 234 g/mol. The molecule has 0 radical (unpaired) electrons. The first-order chi connectivity index (χ1) is 7.53. The molecule has 1 aromatic carbocycles. The second kappa shape index (κ2) is 4.21. The summed E-state index contributed by atoms with van der Waals surface area (Å²) >= 11 is 0. The van der Waals surface area contributed by atoms with Crippen molar-refractivity contribution in [3.8, 4) is 11.5 Å². The zero-order chi connectivity index (χ0) is 11.6. The van der Waals surface area contributed by atoms with E-state index >= 15 is 0 Å². The van der Waals surface area contributed by atoms with Crippen LogP contribution >= 0.6 is 0 Å². The highest BCUT2D eigenvalue weighted by Crippen LogP contribution is 2.25. The molecular weight excluding hydrogens is 225 g/mol. The van der Waals surface area contributed by atoms with Crippen molar-refractivity contribution in [2.75, 3.05) is 13.2 Å². The number of hydrogen-bond acceptors (Lipinski definition) is 3. The first kappa shape index (κ1) is 11.1. The molecule has 6 heteroatoms. The lowest BCUT2D eigenvalue weighted by Crippen LogP contribution is -2.17. The smallest absolute Gasteiger partial charge is 0.491 e. The summed E-state index contributed by atoms with van der Waals surface area (Å²) in [6.07, 6.45) is -4.55. The Morgan fingerprint density at radius 1 is 1.19 bits per heavy atom. The van der Waals surface area contributed by atoms with Gasteiger partial charge in [-0.15, -0.1) is 13.2 Å². The summed E-state index contributed by atoms with van der Waals surface area (Å²) in [6, 6.07) is 5.25. The fourth-order valence-corrected chi connectivity index (χ4v) is 1.09. The Kier molecular flexibility index (Phi) is 2.91. The molecule has 1 aliphatic heterocycles. The van der Waals surface area contributed by atoms with Crippen molar-refractivity contribution in [2.24, 2.45) is 0 Å². The molecule has 88 valence electrons. The normalized spacial score (nSPS) is 19.3. The van der Waals surface area contributed by atoms with E-state index in [0.29, 0.717) is 19.0 Å². The molecule has 1 aliphatic rings. The molecule has 1 atom stereocenters. The van der Waals surface area contributed by atoms with Crippen LogP contribution in [0.15, 0.2) is 24.3 Å². The molecule has 0 saturated carbocycles. The van der Waals surface area contributed by atoms with E-state index in [9.17, 15) is 13.2 Å². The quantitative estimate of drug-likeness (QED) is 0.749. The molecule has 0 aliphatic carbocycles. The van der Waals surface area contributed by atoms with Crippen LogP contribution in [0.4, 0.5) is 13.2 Å². The summed E-state index contributed by atoms with van der Waals surface area (Å²) in [7, 11) is 0. The van der Waals surface area contributed by atoms with Crippen molar-refractivity contribution in [3.63, 3.8) is 0 Å². The maximum Gasteiger partial charge on any atom is 0.573 e. The Bertz CT molecular complexity index is 343. The van der Waals surface area contributed by atoms with Gasteiger partial charge in [0.15, 0.2) is 0 Å². The van der Waals surface area contributed by atoms with E-state index in [-0.39, 0.29) is 11.9 Å². The minimum atomic E-state index is -4.66. The molecule has 0 spiro atoms. The Labute approximate surface area is 89.7 Å². The summed E-state index contributed by atoms with van der Waals surface area (Å²) in [5.74, 6) is 0.229. The van der Waals surface area contributed by atoms with Crippen LogP contribution in [0.5, 0.6) is 11.5 Å². The molecule has 3 nitrogen and oxygen atoms in total. The number of alkyl halides is 3. The highest BCUT2D eigenvalue weighted by atomic mass is 19.4. The van der Waals surface area contributed by atoms with Gasteiger partial charge in [0.25, 0.3) is 0 Å². The fraction of sp³-hybridized carbons (Fsp3) is 0.400. The molecule has 0 N–H and O–H groups in total. The highest BCUT2D eigenvalue weighted by Gasteiger charge is 2.31. The van der Waals surface area contributed by atoms with Gasteiger partial charge in [-0.3, -0.25) is 0 Å². The maximum absolute atomic E-state index is 11.8. The van der Waals surface area contributed by atoms with E-state index in [4.69, 9.17) is 9.47 Å². The molecule has 0 aromatic heterocycles. The number of hydrogen-bond donors (Lipinski definition) is 0. The Balaban J connectivity index is 1.87. The van der Waals surface area contributed by atoms with Gasteiger partial charge in [0, 0.05) is 0 Å². The topological polar surface area (TPSA) is 31.0 Å². The van der Waals surface area contributed by atoms with Gasteiger partial charge in [-0.1, -0.05) is 0 Å². The van der Waals surface area contributed by atoms with E-state index in [0.717, 1.165) is 0 Å². The minimum absolute atomic E-state index is 0.117. The molecule has 1 heterocycles. The first-order valence-corrected chi connectivity index (χ1v) is 4.63. The summed E-state index contributed by atoms with van der Waals surface area (Å²) in [5.41, 5.74) is 0. The summed E-state index contributed by atoms with van der Waals surface area (Å²) < 4.78 is 49.4. The first-order valence-electron chi connectivity index (χ1n) is 4.63. The molecule has 0 bridgehead atoms. The van der Waals surface area contributed by atoms with E-state index in [2.05, 4.69) is 4.74 Å². The molecule has 1 fully saturated rings. The third-order valence-electron chi connectivity index (χ3n) is 1.90. The standard InChI is InChI=1S/C10H9F3O3/c11-10(12,13)16-8-3-1-7(2-4-8)14-5-9-6-15-9/h1-4,9H,5-6H2/t9-/m1/s1. The second-order valence-corrected chi connectivity index (χ2v) is 3.29. The van der Waals surface area contributed by atoms with Crippen LogP contribution in [0, 0.1) is 0 Å².